The van der Waals surface area contributed by atoms with Gasteiger partial charge in [-0.15, -0.1) is 0 Å². The highest BCUT2D eigenvalue weighted by molar-refractivity contribution is 5.90. The van der Waals surface area contributed by atoms with Crippen LogP contribution in [0.4, 0.5) is 5.69 Å². The van der Waals surface area contributed by atoms with Crippen molar-refractivity contribution in [3.63, 3.8) is 0 Å². The van der Waals surface area contributed by atoms with Gasteiger partial charge in [-0.1, -0.05) is 19.1 Å². The molecule has 1 heterocycles. The van der Waals surface area contributed by atoms with Gasteiger partial charge in [-0.05, 0) is 37.1 Å². The molecule has 0 saturated carbocycles. The molecule has 1 N–H and O–H groups in total. The fourth-order valence-corrected chi connectivity index (χ4v) is 1.72. The normalized spacial score (nSPS) is 10.3. The molecule has 4 nitrogen and oxygen atoms in total. The number of benzene rings is 1. The number of amides is 1. The summed E-state index contributed by atoms with van der Waals surface area (Å²) in [5, 5.41) is 7.03. The number of nitrogens with one attached hydrogen (secondary N) is 1. The maximum Gasteiger partial charge on any atom is 0.246 e. The van der Waals surface area contributed by atoms with Gasteiger partial charge in [-0.25, -0.2) is 0 Å². The Bertz CT molecular complexity index is 528. The van der Waals surface area contributed by atoms with Gasteiger partial charge in [0.05, 0.1) is 5.69 Å². The number of aromatic nitrogens is 2. The van der Waals surface area contributed by atoms with Crippen molar-refractivity contribution in [1.82, 2.24) is 9.78 Å². The summed E-state index contributed by atoms with van der Waals surface area (Å²) >= 11 is 0. The number of nitrogens with zero attached hydrogens (tertiary/aromatic N) is 2. The van der Waals surface area contributed by atoms with Gasteiger partial charge in [0, 0.05) is 11.9 Å². The van der Waals surface area contributed by atoms with Crippen molar-refractivity contribution in [3.8, 4) is 0 Å². The summed E-state index contributed by atoms with van der Waals surface area (Å²) in [5.41, 5.74) is 2.99. The number of rotatable bonds is 4. The minimum atomic E-state index is -0.0673. The summed E-state index contributed by atoms with van der Waals surface area (Å²) in [7, 11) is 0. The molecule has 4 heteroatoms. The average molecular weight is 243 g/mol. The largest absolute Gasteiger partial charge is 0.324 e. The van der Waals surface area contributed by atoms with Crippen LogP contribution in [-0.2, 0) is 17.8 Å². The van der Waals surface area contributed by atoms with Crippen LogP contribution in [-0.4, -0.2) is 15.7 Å². The van der Waals surface area contributed by atoms with E-state index in [1.54, 1.807) is 10.9 Å². The minimum Gasteiger partial charge on any atom is -0.324 e. The highest BCUT2D eigenvalue weighted by Gasteiger charge is 2.04. The van der Waals surface area contributed by atoms with Crippen LogP contribution in [0.15, 0.2) is 36.5 Å². The average Bonchev–Trinajstić information content (AvgIpc) is 2.75. The lowest BCUT2D eigenvalue weighted by Gasteiger charge is -2.06. The summed E-state index contributed by atoms with van der Waals surface area (Å²) in [6.45, 7) is 4.24. The molecule has 2 rings (SSSR count). The lowest BCUT2D eigenvalue weighted by atomic mass is 10.1. The van der Waals surface area contributed by atoms with Gasteiger partial charge in [0.25, 0.3) is 0 Å². The molecular weight excluding hydrogens is 226 g/mol. The van der Waals surface area contributed by atoms with Crippen molar-refractivity contribution in [3.05, 3.63) is 47.8 Å². The van der Waals surface area contributed by atoms with Gasteiger partial charge in [-0.2, -0.15) is 5.10 Å². The summed E-state index contributed by atoms with van der Waals surface area (Å²) in [5.74, 6) is -0.0673. The maximum atomic E-state index is 11.8. The molecule has 1 aromatic carbocycles. The van der Waals surface area contributed by atoms with E-state index < -0.39 is 0 Å². The van der Waals surface area contributed by atoms with Crippen LogP contribution in [0.1, 0.15) is 18.2 Å². The molecule has 0 aliphatic heterocycles. The van der Waals surface area contributed by atoms with Crippen LogP contribution in [0.2, 0.25) is 0 Å². The predicted octanol–water partition coefficient (Wildman–Crippen LogP) is 2.39. The van der Waals surface area contributed by atoms with Crippen molar-refractivity contribution in [2.75, 3.05) is 5.32 Å². The molecule has 0 radical (unpaired) electrons. The molecule has 0 unspecified atom stereocenters. The SMILES string of the molecule is CCc1ccc(NC(=O)Cn2ccc(C)n2)cc1. The predicted molar refractivity (Wildman–Crippen MR) is 71.4 cm³/mol. The van der Waals surface area contributed by atoms with Crippen molar-refractivity contribution in [1.29, 1.82) is 0 Å². The Morgan fingerprint density at radius 2 is 2.00 bits per heavy atom. The van der Waals surface area contributed by atoms with E-state index >= 15 is 0 Å². The highest BCUT2D eigenvalue weighted by Crippen LogP contribution is 2.09. The Labute approximate surface area is 107 Å². The number of hydrogen-bond donors (Lipinski definition) is 1. The van der Waals surface area contributed by atoms with E-state index in [0.29, 0.717) is 0 Å². The van der Waals surface area contributed by atoms with Crippen molar-refractivity contribution in [2.45, 2.75) is 26.8 Å². The molecule has 0 bridgehead atoms. The Balaban J connectivity index is 1.94. The number of carbonyl (C=O) groups excluding carboxylic acids is 1. The van der Waals surface area contributed by atoms with Crippen LogP contribution in [0.25, 0.3) is 0 Å². The van der Waals surface area contributed by atoms with Gasteiger partial charge in [0.15, 0.2) is 0 Å². The van der Waals surface area contributed by atoms with Crippen LogP contribution >= 0.6 is 0 Å². The van der Waals surface area contributed by atoms with Crippen LogP contribution in [0.5, 0.6) is 0 Å². The standard InChI is InChI=1S/C14H17N3O/c1-3-12-4-6-13(7-5-12)15-14(18)10-17-9-8-11(2)16-17/h4-9H,3,10H2,1-2H3,(H,15,18). The number of anilines is 1. The molecule has 18 heavy (non-hydrogen) atoms. The summed E-state index contributed by atoms with van der Waals surface area (Å²) in [6.07, 6.45) is 2.80. The molecule has 94 valence electrons. The first-order valence-electron chi connectivity index (χ1n) is 6.06. The van der Waals surface area contributed by atoms with Gasteiger partial charge < -0.3 is 5.32 Å². The molecule has 0 fully saturated rings. The second kappa shape index (κ2) is 5.49. The molecule has 0 atom stereocenters. The third kappa shape index (κ3) is 3.20. The first-order valence-corrected chi connectivity index (χ1v) is 6.06. The van der Waals surface area contributed by atoms with E-state index in [1.807, 2.05) is 37.3 Å². The topological polar surface area (TPSA) is 46.9 Å². The molecular formula is C14H17N3O. The molecule has 0 aliphatic carbocycles. The second-order valence-corrected chi connectivity index (χ2v) is 4.25. The van der Waals surface area contributed by atoms with Crippen LogP contribution in [0, 0.1) is 6.92 Å². The fourth-order valence-electron chi connectivity index (χ4n) is 1.72. The molecule has 0 saturated heterocycles. The van der Waals surface area contributed by atoms with E-state index in [2.05, 4.69) is 17.3 Å². The van der Waals surface area contributed by atoms with Gasteiger partial charge in [0.2, 0.25) is 5.91 Å². The summed E-state index contributed by atoms with van der Waals surface area (Å²) in [6, 6.07) is 9.76. The van der Waals surface area contributed by atoms with Crippen LogP contribution in [0.3, 0.4) is 0 Å². The molecule has 0 spiro atoms. The fraction of sp³-hybridized carbons (Fsp3) is 0.286. The van der Waals surface area contributed by atoms with E-state index in [1.165, 1.54) is 5.56 Å². The smallest absolute Gasteiger partial charge is 0.246 e. The zero-order chi connectivity index (χ0) is 13.0. The van der Waals surface area contributed by atoms with Gasteiger partial charge >= 0.3 is 0 Å². The van der Waals surface area contributed by atoms with E-state index in [0.717, 1.165) is 17.8 Å². The lowest BCUT2D eigenvalue weighted by Crippen LogP contribution is -2.19. The first-order chi connectivity index (χ1) is 8.67. The third-order valence-corrected chi connectivity index (χ3v) is 2.73. The Hall–Kier alpha value is -2.10. The molecule has 2 aromatic rings. The first kappa shape index (κ1) is 12.4. The van der Waals surface area contributed by atoms with E-state index in [9.17, 15) is 4.79 Å². The number of carbonyl (C=O) groups is 1. The van der Waals surface area contributed by atoms with Gasteiger partial charge in [-0.3, -0.25) is 9.48 Å². The van der Waals surface area contributed by atoms with Crippen molar-refractivity contribution >= 4 is 11.6 Å². The highest BCUT2D eigenvalue weighted by atomic mass is 16.2. The van der Waals surface area contributed by atoms with Crippen molar-refractivity contribution in [2.24, 2.45) is 0 Å². The number of hydrogen-bond acceptors (Lipinski definition) is 2. The molecule has 1 amide bonds. The maximum absolute atomic E-state index is 11.8. The van der Waals surface area contributed by atoms with E-state index in [4.69, 9.17) is 0 Å². The molecule has 1 aromatic heterocycles. The minimum absolute atomic E-state index is 0.0673. The zero-order valence-electron chi connectivity index (χ0n) is 10.7. The number of aryl methyl sites for hydroxylation is 2. The van der Waals surface area contributed by atoms with Crippen LogP contribution < -0.4 is 5.32 Å². The van der Waals surface area contributed by atoms with Crippen molar-refractivity contribution < 1.29 is 4.79 Å². The lowest BCUT2D eigenvalue weighted by molar-refractivity contribution is -0.116. The second-order valence-electron chi connectivity index (χ2n) is 4.25. The van der Waals surface area contributed by atoms with Gasteiger partial charge in [0.1, 0.15) is 6.54 Å². The summed E-state index contributed by atoms with van der Waals surface area (Å²) < 4.78 is 1.63. The van der Waals surface area contributed by atoms with E-state index in [-0.39, 0.29) is 12.5 Å². The Kier molecular flexibility index (Phi) is 3.77. The third-order valence-electron chi connectivity index (χ3n) is 2.73. The zero-order valence-corrected chi connectivity index (χ0v) is 10.7. The Morgan fingerprint density at radius 1 is 1.28 bits per heavy atom. The Morgan fingerprint density at radius 3 is 2.56 bits per heavy atom. The molecule has 0 aliphatic rings. The summed E-state index contributed by atoms with van der Waals surface area (Å²) in [4.78, 5) is 11.8. The monoisotopic (exact) mass is 243 g/mol. The quantitative estimate of drug-likeness (QED) is 0.896.